The van der Waals surface area contributed by atoms with Crippen LogP contribution in [0.2, 0.25) is 5.02 Å². The Balaban J connectivity index is 1.58. The van der Waals surface area contributed by atoms with Gasteiger partial charge in [-0.05, 0) is 54.0 Å². The zero-order valence-electron chi connectivity index (χ0n) is 21.5. The Bertz CT molecular complexity index is 1780. The summed E-state index contributed by atoms with van der Waals surface area (Å²) in [6.07, 6.45) is -3.41. The first-order valence-electron chi connectivity index (χ1n) is 12.5. The van der Waals surface area contributed by atoms with E-state index < -0.39 is 35.0 Å². The van der Waals surface area contributed by atoms with Gasteiger partial charge in [0.25, 0.3) is 5.56 Å². The molecule has 6 nitrogen and oxygen atoms in total. The molecule has 0 saturated carbocycles. The molecule has 1 aromatic heterocycles. The number of esters is 1. The highest BCUT2D eigenvalue weighted by atomic mass is 35.5. The van der Waals surface area contributed by atoms with E-state index in [1.165, 1.54) is 31.2 Å². The van der Waals surface area contributed by atoms with Crippen LogP contribution in [-0.4, -0.2) is 23.3 Å². The smallest absolute Gasteiger partial charge is 0.434 e. The minimum absolute atomic E-state index is 0.146. The molecule has 0 bridgehead atoms. The number of hydrogen-bond donors (Lipinski definition) is 0. The second-order valence-corrected chi connectivity index (χ2v) is 10.4. The third-order valence-corrected chi connectivity index (χ3v) is 7.44. The third kappa shape index (κ3) is 6.13. The van der Waals surface area contributed by atoms with Crippen LogP contribution in [0.1, 0.15) is 29.7 Å². The van der Waals surface area contributed by atoms with Gasteiger partial charge >= 0.3 is 12.1 Å². The molecule has 2 heterocycles. The molecule has 5 rings (SSSR count). The molecule has 0 amide bonds. The van der Waals surface area contributed by atoms with Crippen LogP contribution in [0.5, 0.6) is 5.75 Å². The molecule has 1 atom stereocenters. The number of alkyl halides is 3. The zero-order chi connectivity index (χ0) is 29.1. The van der Waals surface area contributed by atoms with Crippen molar-refractivity contribution in [2.75, 3.05) is 6.61 Å². The van der Waals surface area contributed by atoms with Crippen LogP contribution in [0, 0.1) is 0 Å². The average Bonchev–Trinajstić information content (AvgIpc) is 3.27. The molecule has 1 aliphatic rings. The maximum absolute atomic E-state index is 14.2. The molecule has 1 aliphatic heterocycles. The van der Waals surface area contributed by atoms with Gasteiger partial charge in [0.2, 0.25) is 0 Å². The number of carbonyl (C=O) groups excluding carboxylic acids is 1. The van der Waals surface area contributed by atoms with E-state index in [0.29, 0.717) is 22.9 Å². The SMILES string of the molecule is CCOC(=O)C1=C(C(F)(F)F)N=c2sc(=Cc3ccc(OCc4ccccc4)cc3)c(=O)n2C1c1ccc(Cl)cc1. The number of ether oxygens (including phenoxy) is 2. The molecule has 0 fully saturated rings. The van der Waals surface area contributed by atoms with Gasteiger partial charge in [-0.1, -0.05) is 77.5 Å². The topological polar surface area (TPSA) is 69.9 Å². The predicted molar refractivity (Wildman–Crippen MR) is 149 cm³/mol. The summed E-state index contributed by atoms with van der Waals surface area (Å²) in [4.78, 5) is 30.1. The molecule has 1 unspecified atom stereocenters. The molecule has 3 aromatic carbocycles. The number of nitrogens with zero attached hydrogens (tertiary/aromatic N) is 2. The Morgan fingerprint density at radius 1 is 1.05 bits per heavy atom. The summed E-state index contributed by atoms with van der Waals surface area (Å²) < 4.78 is 54.7. The van der Waals surface area contributed by atoms with Crippen molar-refractivity contribution in [1.29, 1.82) is 0 Å². The summed E-state index contributed by atoms with van der Waals surface area (Å²) >= 11 is 6.81. The molecule has 4 aromatic rings. The number of fused-ring (bicyclic) bond motifs is 1. The first-order chi connectivity index (χ1) is 19.7. The Morgan fingerprint density at radius 3 is 2.37 bits per heavy atom. The highest BCUT2D eigenvalue weighted by molar-refractivity contribution is 7.07. The van der Waals surface area contributed by atoms with E-state index in [2.05, 4.69) is 4.99 Å². The number of thiazole rings is 1. The second-order valence-electron chi connectivity index (χ2n) is 8.96. The van der Waals surface area contributed by atoms with Crippen LogP contribution in [-0.2, 0) is 16.1 Å². The molecule has 210 valence electrons. The van der Waals surface area contributed by atoms with Gasteiger partial charge < -0.3 is 9.47 Å². The third-order valence-electron chi connectivity index (χ3n) is 6.21. The Morgan fingerprint density at radius 2 is 1.73 bits per heavy atom. The van der Waals surface area contributed by atoms with Crippen LogP contribution >= 0.6 is 22.9 Å². The van der Waals surface area contributed by atoms with E-state index in [0.717, 1.165) is 21.5 Å². The number of halogens is 4. The van der Waals surface area contributed by atoms with E-state index in [-0.39, 0.29) is 21.5 Å². The summed E-state index contributed by atoms with van der Waals surface area (Å²) in [5, 5.41) is 0.343. The van der Waals surface area contributed by atoms with Gasteiger partial charge in [0.15, 0.2) is 10.5 Å². The van der Waals surface area contributed by atoms with Crippen molar-refractivity contribution in [3.63, 3.8) is 0 Å². The molecular formula is C30H22ClF3N2O4S. The van der Waals surface area contributed by atoms with Crippen molar-refractivity contribution >= 4 is 35.0 Å². The molecule has 41 heavy (non-hydrogen) atoms. The molecule has 0 saturated heterocycles. The van der Waals surface area contributed by atoms with Gasteiger partial charge in [0, 0.05) is 5.02 Å². The first-order valence-corrected chi connectivity index (χ1v) is 13.7. The van der Waals surface area contributed by atoms with Crippen LogP contribution in [0.15, 0.2) is 99.9 Å². The molecule has 0 aliphatic carbocycles. The fourth-order valence-corrected chi connectivity index (χ4v) is 5.48. The minimum Gasteiger partial charge on any atom is -0.489 e. The van der Waals surface area contributed by atoms with E-state index in [9.17, 15) is 22.8 Å². The van der Waals surface area contributed by atoms with Crippen LogP contribution in [0.3, 0.4) is 0 Å². The molecule has 0 radical (unpaired) electrons. The lowest BCUT2D eigenvalue weighted by Gasteiger charge is -2.26. The van der Waals surface area contributed by atoms with Gasteiger partial charge in [0.1, 0.15) is 12.4 Å². The number of hydrogen-bond acceptors (Lipinski definition) is 6. The van der Waals surface area contributed by atoms with Gasteiger partial charge in [0.05, 0.1) is 22.8 Å². The van der Waals surface area contributed by atoms with Crippen molar-refractivity contribution in [3.05, 3.63) is 132 Å². The fraction of sp³-hybridized carbons (Fsp3) is 0.167. The molecule has 11 heteroatoms. The van der Waals surface area contributed by atoms with Crippen LogP contribution in [0.4, 0.5) is 13.2 Å². The van der Waals surface area contributed by atoms with E-state index in [4.69, 9.17) is 21.1 Å². The summed E-state index contributed by atoms with van der Waals surface area (Å²) in [7, 11) is 0. The maximum atomic E-state index is 14.2. The number of benzene rings is 3. The van der Waals surface area contributed by atoms with E-state index >= 15 is 0 Å². The summed E-state index contributed by atoms with van der Waals surface area (Å²) in [5.41, 5.74) is -0.869. The fourth-order valence-electron chi connectivity index (χ4n) is 4.35. The Kier molecular flexibility index (Phi) is 8.14. The monoisotopic (exact) mass is 598 g/mol. The quantitative estimate of drug-likeness (QED) is 0.261. The maximum Gasteiger partial charge on any atom is 0.434 e. The summed E-state index contributed by atoms with van der Waals surface area (Å²) in [6.45, 7) is 1.71. The highest BCUT2D eigenvalue weighted by Gasteiger charge is 2.45. The van der Waals surface area contributed by atoms with Gasteiger partial charge in [-0.15, -0.1) is 0 Å². The zero-order valence-corrected chi connectivity index (χ0v) is 23.1. The number of rotatable bonds is 7. The second kappa shape index (κ2) is 11.8. The lowest BCUT2D eigenvalue weighted by molar-refractivity contribution is -0.140. The van der Waals surface area contributed by atoms with Crippen LogP contribution in [0.25, 0.3) is 6.08 Å². The molecule has 0 spiro atoms. The number of allylic oxidation sites excluding steroid dienone is 1. The largest absolute Gasteiger partial charge is 0.489 e. The van der Waals surface area contributed by atoms with E-state index in [1.54, 1.807) is 30.3 Å². The van der Waals surface area contributed by atoms with Gasteiger partial charge in [-0.2, -0.15) is 13.2 Å². The lowest BCUT2D eigenvalue weighted by atomic mass is 9.95. The van der Waals surface area contributed by atoms with Crippen molar-refractivity contribution in [2.24, 2.45) is 4.99 Å². The predicted octanol–water partition coefficient (Wildman–Crippen LogP) is 5.57. The highest BCUT2D eigenvalue weighted by Crippen LogP contribution is 2.38. The Labute approximate surface area is 241 Å². The summed E-state index contributed by atoms with van der Waals surface area (Å²) in [5.74, 6) is -0.590. The molecular weight excluding hydrogens is 577 g/mol. The van der Waals surface area contributed by atoms with Crippen molar-refractivity contribution < 1.29 is 27.4 Å². The lowest BCUT2D eigenvalue weighted by Crippen LogP contribution is -2.41. The van der Waals surface area contributed by atoms with Crippen molar-refractivity contribution in [3.8, 4) is 5.75 Å². The van der Waals surface area contributed by atoms with Crippen molar-refractivity contribution in [2.45, 2.75) is 25.7 Å². The molecule has 0 N–H and O–H groups in total. The standard InChI is InChI=1S/C30H22ClF3N2O4S/c1-2-39-28(38)24-25(20-10-12-21(31)13-11-20)36-27(37)23(41-29(36)35-26(24)30(32,33)34)16-18-8-14-22(15-9-18)40-17-19-6-4-3-5-7-19/h3-16,25H,2,17H2,1H3. The van der Waals surface area contributed by atoms with Gasteiger partial charge in [-0.3, -0.25) is 9.36 Å². The minimum atomic E-state index is -4.97. The van der Waals surface area contributed by atoms with Gasteiger partial charge in [-0.25, -0.2) is 9.79 Å². The Hall–Kier alpha value is -4.15. The summed E-state index contributed by atoms with van der Waals surface area (Å²) in [6, 6.07) is 21.1. The van der Waals surface area contributed by atoms with E-state index in [1.807, 2.05) is 30.3 Å². The first kappa shape index (κ1) is 28.4. The average molecular weight is 599 g/mol. The number of aromatic nitrogens is 1. The number of carbonyl (C=O) groups is 1. The normalized spacial score (nSPS) is 15.3. The van der Waals surface area contributed by atoms with Crippen molar-refractivity contribution in [1.82, 2.24) is 4.57 Å². The van der Waals surface area contributed by atoms with Crippen LogP contribution < -0.4 is 19.6 Å².